The van der Waals surface area contributed by atoms with E-state index in [9.17, 15) is 22.4 Å². The Morgan fingerprint density at radius 2 is 1.71 bits per heavy atom. The Balaban J connectivity index is 1.47. The number of hydrazone groups is 1. The van der Waals surface area contributed by atoms with Crippen molar-refractivity contribution < 1.29 is 26.8 Å². The maximum absolute atomic E-state index is 13.7. The molecule has 4 aromatic rings. The van der Waals surface area contributed by atoms with E-state index in [0.717, 1.165) is 17.8 Å². The van der Waals surface area contributed by atoms with Crippen LogP contribution in [-0.2, 0) is 32.7 Å². The first-order valence-electron chi connectivity index (χ1n) is 12.0. The second kappa shape index (κ2) is 13.1. The van der Waals surface area contributed by atoms with E-state index >= 15 is 0 Å². The molecule has 13 heteroatoms. The van der Waals surface area contributed by atoms with Crippen LogP contribution in [0, 0.1) is 12.7 Å². The summed E-state index contributed by atoms with van der Waals surface area (Å²) in [5, 5.41) is 6.54. The minimum Gasteiger partial charge on any atom is -0.459 e. The third-order valence-corrected chi connectivity index (χ3v) is 8.11. The Hall–Kier alpha value is -4.03. The minimum atomic E-state index is -3.98. The largest absolute Gasteiger partial charge is 0.459 e. The van der Waals surface area contributed by atoms with Gasteiger partial charge in [0.1, 0.15) is 17.3 Å². The van der Waals surface area contributed by atoms with Gasteiger partial charge in [-0.3, -0.25) is 9.59 Å². The average Bonchev–Trinajstić information content (AvgIpc) is 3.38. The predicted molar refractivity (Wildman–Crippen MR) is 154 cm³/mol. The van der Waals surface area contributed by atoms with Gasteiger partial charge in [0.2, 0.25) is 10.0 Å². The first-order chi connectivity index (χ1) is 19.5. The molecule has 0 bridgehead atoms. The van der Waals surface area contributed by atoms with Crippen molar-refractivity contribution in [1.29, 1.82) is 0 Å². The van der Waals surface area contributed by atoms with Gasteiger partial charge in [-0.25, -0.2) is 18.2 Å². The number of halogens is 3. The average molecular weight is 617 g/mol. The summed E-state index contributed by atoms with van der Waals surface area (Å²) in [4.78, 5) is 24.1. The molecule has 3 aromatic carbocycles. The third kappa shape index (κ3) is 7.80. The monoisotopic (exact) mass is 616 g/mol. The fourth-order valence-electron chi connectivity index (χ4n) is 3.59. The molecule has 0 saturated heterocycles. The number of nitrogens with zero attached hydrogens (tertiary/aromatic N) is 2. The molecule has 0 unspecified atom stereocenters. The lowest BCUT2D eigenvalue weighted by Crippen LogP contribution is -2.32. The van der Waals surface area contributed by atoms with Gasteiger partial charge in [0.25, 0.3) is 0 Å². The number of rotatable bonds is 9. The zero-order valence-electron chi connectivity index (χ0n) is 21.5. The van der Waals surface area contributed by atoms with Crippen LogP contribution < -0.4 is 10.7 Å². The number of hydrogen-bond donors (Lipinski definition) is 2. The molecular formula is C28H23Cl2FN4O5S. The summed E-state index contributed by atoms with van der Waals surface area (Å²) in [6.07, 6.45) is 1.13. The highest BCUT2D eigenvalue weighted by Crippen LogP contribution is 2.27. The summed E-state index contributed by atoms with van der Waals surface area (Å²) in [6.45, 7) is 1.63. The fraction of sp³-hybridized carbons (Fsp3) is 0.107. The van der Waals surface area contributed by atoms with Gasteiger partial charge >= 0.3 is 11.8 Å². The third-order valence-electron chi connectivity index (χ3n) is 5.72. The standard InChI is InChI=1S/C28H23Cl2FN4O5S/c1-18-6-12-23(13-7-18)41(38,39)35(16-19-8-9-20(29)14-24(19)30)17-22-11-10-21(40-22)15-32-34-28(37)27(36)33-26-5-3-2-4-25(26)31/h2-15H,16-17H2,1H3,(H,33,36)(H,34,37)/b32-15+. The van der Waals surface area contributed by atoms with Crippen LogP contribution in [0.1, 0.15) is 22.6 Å². The van der Waals surface area contributed by atoms with Crippen molar-refractivity contribution in [2.45, 2.75) is 24.9 Å². The number of sulfonamides is 1. The van der Waals surface area contributed by atoms with Crippen LogP contribution in [0.15, 0.2) is 93.3 Å². The van der Waals surface area contributed by atoms with Crippen molar-refractivity contribution in [1.82, 2.24) is 9.73 Å². The maximum Gasteiger partial charge on any atom is 0.329 e. The zero-order chi connectivity index (χ0) is 29.6. The first kappa shape index (κ1) is 29.9. The van der Waals surface area contributed by atoms with Crippen LogP contribution in [0.4, 0.5) is 10.1 Å². The predicted octanol–water partition coefficient (Wildman–Crippen LogP) is 5.51. The molecule has 0 aliphatic carbocycles. The van der Waals surface area contributed by atoms with Crippen LogP contribution in [0.2, 0.25) is 10.0 Å². The van der Waals surface area contributed by atoms with Gasteiger partial charge in [-0.05, 0) is 61.0 Å². The van der Waals surface area contributed by atoms with Gasteiger partial charge in [0.15, 0.2) is 0 Å². The number of hydrogen-bond acceptors (Lipinski definition) is 6. The quantitative estimate of drug-likeness (QED) is 0.146. The Morgan fingerprint density at radius 3 is 2.41 bits per heavy atom. The molecule has 2 amide bonds. The van der Waals surface area contributed by atoms with E-state index in [4.69, 9.17) is 27.6 Å². The maximum atomic E-state index is 13.7. The van der Waals surface area contributed by atoms with Gasteiger partial charge in [-0.1, -0.05) is 59.1 Å². The van der Waals surface area contributed by atoms with Crippen molar-refractivity contribution in [3.63, 3.8) is 0 Å². The summed E-state index contributed by atoms with van der Waals surface area (Å²) in [5.41, 5.74) is 3.31. The van der Waals surface area contributed by atoms with E-state index in [-0.39, 0.29) is 35.2 Å². The van der Waals surface area contributed by atoms with Gasteiger partial charge in [0, 0.05) is 16.6 Å². The molecule has 4 rings (SSSR count). The van der Waals surface area contributed by atoms with E-state index < -0.39 is 27.7 Å². The molecule has 41 heavy (non-hydrogen) atoms. The molecule has 0 atom stereocenters. The summed E-state index contributed by atoms with van der Waals surface area (Å²) in [5.74, 6) is -2.50. The van der Waals surface area contributed by atoms with Crippen LogP contribution in [0.5, 0.6) is 0 Å². The Bertz CT molecular complexity index is 1710. The van der Waals surface area contributed by atoms with Crippen molar-refractivity contribution in [2.24, 2.45) is 5.10 Å². The lowest BCUT2D eigenvalue weighted by molar-refractivity contribution is -0.136. The second-order valence-electron chi connectivity index (χ2n) is 8.76. The number of nitrogens with one attached hydrogen (secondary N) is 2. The molecule has 0 saturated carbocycles. The van der Waals surface area contributed by atoms with E-state index in [2.05, 4.69) is 10.4 Å². The zero-order valence-corrected chi connectivity index (χ0v) is 23.8. The van der Waals surface area contributed by atoms with Crippen molar-refractivity contribution in [2.75, 3.05) is 5.32 Å². The van der Waals surface area contributed by atoms with Gasteiger partial charge in [-0.2, -0.15) is 9.41 Å². The van der Waals surface area contributed by atoms with E-state index in [0.29, 0.717) is 15.6 Å². The number of carbonyl (C=O) groups is 2. The topological polar surface area (TPSA) is 121 Å². The lowest BCUT2D eigenvalue weighted by Gasteiger charge is -2.22. The SMILES string of the molecule is Cc1ccc(S(=O)(=O)N(Cc2ccc(/C=N/NC(=O)C(=O)Nc3ccccc3F)o2)Cc2ccc(Cl)cc2Cl)cc1. The highest BCUT2D eigenvalue weighted by molar-refractivity contribution is 7.89. The molecule has 0 aliphatic rings. The molecule has 1 heterocycles. The minimum absolute atomic E-state index is 0.0660. The van der Waals surface area contributed by atoms with Gasteiger partial charge < -0.3 is 9.73 Å². The van der Waals surface area contributed by atoms with Crippen molar-refractivity contribution >= 4 is 56.9 Å². The number of anilines is 1. The Labute approximate surface area is 245 Å². The second-order valence-corrected chi connectivity index (χ2v) is 11.5. The fourth-order valence-corrected chi connectivity index (χ4v) is 5.45. The van der Waals surface area contributed by atoms with Gasteiger partial charge in [0.05, 0.1) is 23.3 Å². The number of furan rings is 1. The molecule has 1 aromatic heterocycles. The highest BCUT2D eigenvalue weighted by Gasteiger charge is 2.27. The molecule has 0 fully saturated rings. The number of carbonyl (C=O) groups excluding carboxylic acids is 2. The molecule has 0 radical (unpaired) electrons. The summed E-state index contributed by atoms with van der Waals surface area (Å²) < 4.78 is 47.7. The lowest BCUT2D eigenvalue weighted by atomic mass is 10.2. The van der Waals surface area contributed by atoms with Crippen LogP contribution in [0.3, 0.4) is 0 Å². The number of para-hydroxylation sites is 1. The molecule has 2 N–H and O–H groups in total. The molecule has 0 spiro atoms. The highest BCUT2D eigenvalue weighted by atomic mass is 35.5. The summed E-state index contributed by atoms with van der Waals surface area (Å²) in [7, 11) is -3.98. The summed E-state index contributed by atoms with van der Waals surface area (Å²) in [6, 6.07) is 19.7. The van der Waals surface area contributed by atoms with Crippen LogP contribution >= 0.6 is 23.2 Å². The molecular weight excluding hydrogens is 594 g/mol. The van der Waals surface area contributed by atoms with Gasteiger partial charge in [-0.15, -0.1) is 0 Å². The van der Waals surface area contributed by atoms with Crippen LogP contribution in [-0.4, -0.2) is 30.8 Å². The number of aryl methyl sites for hydroxylation is 1. The van der Waals surface area contributed by atoms with Crippen molar-refractivity contribution in [3.8, 4) is 0 Å². The van der Waals surface area contributed by atoms with E-state index in [1.165, 1.54) is 46.8 Å². The number of amides is 2. The Kier molecular flexibility index (Phi) is 9.56. The molecule has 212 valence electrons. The smallest absolute Gasteiger partial charge is 0.329 e. The van der Waals surface area contributed by atoms with E-state index in [1.807, 2.05) is 12.3 Å². The normalized spacial score (nSPS) is 11.6. The molecule has 0 aliphatic heterocycles. The Morgan fingerprint density at radius 1 is 0.976 bits per heavy atom. The number of benzene rings is 3. The van der Waals surface area contributed by atoms with Crippen molar-refractivity contribution in [3.05, 3.63) is 117 Å². The van der Waals surface area contributed by atoms with E-state index in [1.54, 1.807) is 30.3 Å². The van der Waals surface area contributed by atoms with Crippen LogP contribution in [0.25, 0.3) is 0 Å². The summed E-state index contributed by atoms with van der Waals surface area (Å²) >= 11 is 12.3. The molecule has 9 nitrogen and oxygen atoms in total. The first-order valence-corrected chi connectivity index (χ1v) is 14.2.